The molecule has 0 aliphatic heterocycles. The van der Waals surface area contributed by atoms with Crippen molar-refractivity contribution in [3.05, 3.63) is 60.3 Å². The summed E-state index contributed by atoms with van der Waals surface area (Å²) in [7, 11) is 3.23. The number of fused-ring (bicyclic) bond motifs is 1. The molecule has 1 aromatic heterocycles. The highest BCUT2D eigenvalue weighted by atomic mass is 16.5. The molecule has 0 aliphatic rings. The quantitative estimate of drug-likeness (QED) is 0.742. The topological polar surface area (TPSA) is 60.5 Å². The third-order valence-corrected chi connectivity index (χ3v) is 3.53. The second-order valence-corrected chi connectivity index (χ2v) is 4.88. The maximum Gasteiger partial charge on any atom is 0.337 e. The average Bonchev–Trinajstić information content (AvgIpc) is 2.61. The molecule has 116 valence electrons. The fourth-order valence-electron chi connectivity index (χ4n) is 2.37. The number of hydrogen-bond donors (Lipinski definition) is 1. The number of rotatable bonds is 4. The second kappa shape index (κ2) is 6.36. The molecule has 0 saturated heterocycles. The molecular weight excluding hydrogens is 292 g/mol. The van der Waals surface area contributed by atoms with Crippen molar-refractivity contribution in [3.63, 3.8) is 0 Å². The summed E-state index contributed by atoms with van der Waals surface area (Å²) < 4.78 is 10.5. The van der Waals surface area contributed by atoms with E-state index < -0.39 is 0 Å². The molecule has 2 aromatic carbocycles. The molecule has 1 heterocycles. The smallest absolute Gasteiger partial charge is 0.337 e. The van der Waals surface area contributed by atoms with Gasteiger partial charge in [-0.25, -0.2) is 9.78 Å². The number of nitrogens with one attached hydrogen (secondary N) is 1. The predicted octanol–water partition coefficient (Wildman–Crippen LogP) is 3.86. The van der Waals surface area contributed by atoms with Gasteiger partial charge in [0.15, 0.2) is 0 Å². The Morgan fingerprint density at radius 3 is 2.52 bits per heavy atom. The number of pyridine rings is 1. The molecule has 0 aliphatic carbocycles. The maximum absolute atomic E-state index is 11.4. The van der Waals surface area contributed by atoms with Gasteiger partial charge in [0.2, 0.25) is 5.88 Å². The van der Waals surface area contributed by atoms with Gasteiger partial charge in [0.1, 0.15) is 5.75 Å². The van der Waals surface area contributed by atoms with Gasteiger partial charge in [-0.3, -0.25) is 0 Å². The molecule has 5 heteroatoms. The molecule has 0 unspecified atom stereocenters. The van der Waals surface area contributed by atoms with Crippen LogP contribution >= 0.6 is 0 Å². The molecule has 23 heavy (non-hydrogen) atoms. The van der Waals surface area contributed by atoms with Crippen molar-refractivity contribution in [2.45, 2.75) is 0 Å². The van der Waals surface area contributed by atoms with E-state index in [1.165, 1.54) is 7.11 Å². The van der Waals surface area contributed by atoms with Crippen LogP contribution in [-0.2, 0) is 4.74 Å². The van der Waals surface area contributed by atoms with Crippen molar-refractivity contribution in [3.8, 4) is 11.6 Å². The third-order valence-electron chi connectivity index (χ3n) is 3.53. The number of carbonyl (C=O) groups is 1. The van der Waals surface area contributed by atoms with E-state index >= 15 is 0 Å². The Bertz CT molecular complexity index is 845. The number of esters is 1. The molecule has 1 N–H and O–H groups in total. The Balaban J connectivity index is 1.94. The molecule has 3 aromatic rings. The number of benzene rings is 2. The van der Waals surface area contributed by atoms with E-state index in [4.69, 9.17) is 4.74 Å². The first-order chi connectivity index (χ1) is 11.2. The first-order valence-corrected chi connectivity index (χ1v) is 7.14. The zero-order valence-electron chi connectivity index (χ0n) is 12.9. The van der Waals surface area contributed by atoms with Crippen molar-refractivity contribution in [1.29, 1.82) is 0 Å². The van der Waals surface area contributed by atoms with Crippen LogP contribution in [0.25, 0.3) is 10.8 Å². The van der Waals surface area contributed by atoms with Crippen LogP contribution in [0.2, 0.25) is 0 Å². The molecule has 3 rings (SSSR count). The summed E-state index contributed by atoms with van der Waals surface area (Å²) in [5.74, 6) is 0.747. The lowest BCUT2D eigenvalue weighted by Gasteiger charge is -2.10. The molecule has 0 bridgehead atoms. The summed E-state index contributed by atoms with van der Waals surface area (Å²) in [6.07, 6.45) is 1.71. The lowest BCUT2D eigenvalue weighted by Crippen LogP contribution is -2.00. The number of hydrogen-bond acceptors (Lipinski definition) is 5. The van der Waals surface area contributed by atoms with E-state index in [1.54, 1.807) is 30.5 Å². The van der Waals surface area contributed by atoms with Gasteiger partial charge in [-0.15, -0.1) is 0 Å². The summed E-state index contributed by atoms with van der Waals surface area (Å²) >= 11 is 0. The minimum Gasteiger partial charge on any atom is -0.465 e. The van der Waals surface area contributed by atoms with Crippen molar-refractivity contribution in [2.75, 3.05) is 19.5 Å². The van der Waals surface area contributed by atoms with Crippen molar-refractivity contribution >= 4 is 22.4 Å². The maximum atomic E-state index is 11.4. The van der Waals surface area contributed by atoms with Gasteiger partial charge in [-0.1, -0.05) is 6.07 Å². The zero-order valence-corrected chi connectivity index (χ0v) is 12.9. The Morgan fingerprint density at radius 1 is 1.04 bits per heavy atom. The van der Waals surface area contributed by atoms with Crippen LogP contribution in [0, 0.1) is 0 Å². The van der Waals surface area contributed by atoms with Crippen LogP contribution in [-0.4, -0.2) is 25.1 Å². The van der Waals surface area contributed by atoms with Crippen molar-refractivity contribution < 1.29 is 14.3 Å². The molecular formula is C18H16N2O3. The second-order valence-electron chi connectivity index (χ2n) is 4.88. The number of anilines is 1. The summed E-state index contributed by atoms with van der Waals surface area (Å²) in [5.41, 5.74) is 1.49. The minimum atomic E-state index is -0.376. The van der Waals surface area contributed by atoms with E-state index in [-0.39, 0.29) is 5.97 Å². The highest BCUT2D eigenvalue weighted by Gasteiger charge is 2.09. The van der Waals surface area contributed by atoms with Gasteiger partial charge >= 0.3 is 5.97 Å². The molecule has 0 fully saturated rings. The number of ether oxygens (including phenoxy) is 2. The summed E-state index contributed by atoms with van der Waals surface area (Å²) in [6, 6.07) is 14.6. The summed E-state index contributed by atoms with van der Waals surface area (Å²) in [6.45, 7) is 0. The van der Waals surface area contributed by atoms with E-state index in [0.29, 0.717) is 17.2 Å². The molecule has 0 saturated carbocycles. The normalized spacial score (nSPS) is 10.3. The monoisotopic (exact) mass is 308 g/mol. The number of nitrogens with zero attached hydrogens (tertiary/aromatic N) is 1. The third kappa shape index (κ3) is 2.94. The van der Waals surface area contributed by atoms with Crippen LogP contribution in [0.3, 0.4) is 0 Å². The summed E-state index contributed by atoms with van der Waals surface area (Å²) in [4.78, 5) is 15.8. The van der Waals surface area contributed by atoms with Gasteiger partial charge in [0.25, 0.3) is 0 Å². The standard InChI is InChI=1S/C18H16N2O3/c1-19-16-5-3-4-15-14(16)10-11-20-17(15)23-13-8-6-12(7-9-13)18(21)22-2/h3-11,19H,1-2H3. The van der Waals surface area contributed by atoms with E-state index in [1.807, 2.05) is 31.3 Å². The minimum absolute atomic E-state index is 0.376. The molecule has 0 spiro atoms. The van der Waals surface area contributed by atoms with E-state index in [2.05, 4.69) is 15.0 Å². The highest BCUT2D eigenvalue weighted by Crippen LogP contribution is 2.31. The Kier molecular flexibility index (Phi) is 4.10. The predicted molar refractivity (Wildman–Crippen MR) is 89.1 cm³/mol. The first kappa shape index (κ1) is 14.8. The van der Waals surface area contributed by atoms with Crippen LogP contribution in [0.15, 0.2) is 54.7 Å². The number of aromatic nitrogens is 1. The largest absolute Gasteiger partial charge is 0.465 e. The molecule has 0 amide bonds. The molecule has 5 nitrogen and oxygen atoms in total. The van der Waals surface area contributed by atoms with Crippen LogP contribution in [0.4, 0.5) is 5.69 Å². The van der Waals surface area contributed by atoms with Gasteiger partial charge in [0, 0.05) is 29.7 Å². The van der Waals surface area contributed by atoms with Crippen LogP contribution in [0.5, 0.6) is 11.6 Å². The van der Waals surface area contributed by atoms with E-state index in [0.717, 1.165) is 16.5 Å². The lowest BCUT2D eigenvalue weighted by atomic mass is 10.1. The van der Waals surface area contributed by atoms with Crippen LogP contribution < -0.4 is 10.1 Å². The van der Waals surface area contributed by atoms with E-state index in [9.17, 15) is 4.79 Å². The Labute approximate surface area is 133 Å². The highest BCUT2D eigenvalue weighted by molar-refractivity contribution is 5.96. The van der Waals surface area contributed by atoms with Crippen LogP contribution in [0.1, 0.15) is 10.4 Å². The van der Waals surface area contributed by atoms with Crippen molar-refractivity contribution in [1.82, 2.24) is 4.98 Å². The van der Waals surface area contributed by atoms with Gasteiger partial charge in [-0.2, -0.15) is 0 Å². The SMILES string of the molecule is CNc1cccc2c(Oc3ccc(C(=O)OC)cc3)nccc12. The molecule has 0 atom stereocenters. The Hall–Kier alpha value is -3.08. The van der Waals surface area contributed by atoms with Gasteiger partial charge in [0.05, 0.1) is 12.7 Å². The Morgan fingerprint density at radius 2 is 1.83 bits per heavy atom. The average molecular weight is 308 g/mol. The number of carbonyl (C=O) groups excluding carboxylic acids is 1. The zero-order chi connectivity index (χ0) is 16.2. The van der Waals surface area contributed by atoms with Gasteiger partial charge < -0.3 is 14.8 Å². The van der Waals surface area contributed by atoms with Crippen molar-refractivity contribution in [2.24, 2.45) is 0 Å². The lowest BCUT2D eigenvalue weighted by molar-refractivity contribution is 0.0600. The fraction of sp³-hybridized carbons (Fsp3) is 0.111. The fourth-order valence-corrected chi connectivity index (χ4v) is 2.37. The number of methoxy groups -OCH3 is 1. The van der Waals surface area contributed by atoms with Gasteiger partial charge in [-0.05, 0) is 42.5 Å². The molecule has 0 radical (unpaired) electrons. The summed E-state index contributed by atoms with van der Waals surface area (Å²) in [5, 5.41) is 5.10. The first-order valence-electron chi connectivity index (χ1n) is 7.14.